The molecule has 0 aromatic rings. The van der Waals surface area contributed by atoms with Crippen LogP contribution in [0.4, 0.5) is 0 Å². The number of ketones is 1. The van der Waals surface area contributed by atoms with Crippen LogP contribution in [0, 0.1) is 18.9 Å². The number of hydrogen-bond acceptors (Lipinski definition) is 2. The number of rotatable bonds is 8. The van der Waals surface area contributed by atoms with Crippen molar-refractivity contribution in [3.63, 3.8) is 0 Å². The molecule has 5 heteroatoms. The molecule has 0 N–H and O–H groups in total. The van der Waals surface area contributed by atoms with Gasteiger partial charge in [-0.3, -0.25) is 4.79 Å². The zero-order chi connectivity index (χ0) is 15.5. The lowest BCUT2D eigenvalue weighted by Crippen LogP contribution is -2.47. The fraction of sp³-hybridized carbons (Fsp3) is 0.812. The highest BCUT2D eigenvalue weighted by Gasteiger charge is 2.50. The fourth-order valence-corrected chi connectivity index (χ4v) is 6.71. The average Bonchev–Trinajstić information content (AvgIpc) is 2.47. The van der Waals surface area contributed by atoms with Gasteiger partial charge >= 0.3 is 0 Å². The molecule has 3 unspecified atom stereocenters. The third-order valence-electron chi connectivity index (χ3n) is 4.79. The second kappa shape index (κ2) is 7.81. The molecule has 2 saturated heterocycles. The van der Waals surface area contributed by atoms with Crippen molar-refractivity contribution >= 4 is 38.5 Å². The first-order valence-electron chi connectivity index (χ1n) is 8.25. The molecular formula is C16H26Cl2O2Si. The van der Waals surface area contributed by atoms with Crippen molar-refractivity contribution in [2.75, 3.05) is 0 Å². The molecule has 2 bridgehead atoms. The maximum atomic E-state index is 12.5. The Hall–Kier alpha value is 0.427. The Morgan fingerprint density at radius 1 is 1.48 bits per heavy atom. The van der Waals surface area contributed by atoms with Gasteiger partial charge in [0.25, 0.3) is 0 Å². The molecular weight excluding hydrogens is 323 g/mol. The number of fused-ring (bicyclic) bond motifs is 3. The Balaban J connectivity index is 1.93. The van der Waals surface area contributed by atoms with Crippen LogP contribution in [-0.2, 0) is 9.53 Å². The van der Waals surface area contributed by atoms with E-state index in [4.69, 9.17) is 27.9 Å². The molecule has 3 rings (SSSR count). The van der Waals surface area contributed by atoms with Crippen LogP contribution in [-0.4, -0.2) is 25.7 Å². The summed E-state index contributed by atoms with van der Waals surface area (Å²) in [6, 6.07) is 1.40. The van der Waals surface area contributed by atoms with Gasteiger partial charge in [0.15, 0.2) is 10.4 Å². The van der Waals surface area contributed by atoms with Crippen LogP contribution in [0.3, 0.4) is 0 Å². The Morgan fingerprint density at radius 2 is 2.24 bits per heavy atom. The molecule has 120 valence electrons. The van der Waals surface area contributed by atoms with E-state index >= 15 is 0 Å². The Kier molecular flexibility index (Phi) is 6.61. The van der Waals surface area contributed by atoms with Gasteiger partial charge in [-0.25, -0.2) is 0 Å². The lowest BCUT2D eigenvalue weighted by molar-refractivity contribution is -0.136. The smallest absolute Gasteiger partial charge is 0.204 e. The SMILES string of the molecule is [CH2]CCC(Cl)(Cl)C(=O)[C]1OC2CCC1CC2[SiH2]CCCC. The van der Waals surface area contributed by atoms with Crippen molar-refractivity contribution in [3.05, 3.63) is 13.0 Å². The number of Topliss-reactive ketones (excluding diaryl/α,β-unsaturated/α-hetero) is 1. The van der Waals surface area contributed by atoms with Gasteiger partial charge < -0.3 is 4.74 Å². The van der Waals surface area contributed by atoms with Crippen molar-refractivity contribution < 1.29 is 9.53 Å². The third-order valence-corrected chi connectivity index (χ3v) is 8.02. The molecule has 2 nitrogen and oxygen atoms in total. The van der Waals surface area contributed by atoms with E-state index in [2.05, 4.69) is 13.8 Å². The van der Waals surface area contributed by atoms with E-state index in [1.54, 1.807) is 0 Å². The van der Waals surface area contributed by atoms with Crippen LogP contribution in [0.5, 0.6) is 0 Å². The molecule has 0 amide bonds. The molecule has 2 radical (unpaired) electrons. The van der Waals surface area contributed by atoms with Crippen LogP contribution in [0.15, 0.2) is 0 Å². The Bertz CT molecular complexity index is 362. The molecule has 1 aliphatic carbocycles. The highest BCUT2D eigenvalue weighted by atomic mass is 35.5. The van der Waals surface area contributed by atoms with E-state index in [1.165, 1.54) is 18.9 Å². The molecule has 2 heterocycles. The predicted molar refractivity (Wildman–Crippen MR) is 91.5 cm³/mol. The van der Waals surface area contributed by atoms with Gasteiger partial charge in [0.05, 0.1) is 6.10 Å². The van der Waals surface area contributed by atoms with Gasteiger partial charge in [0.2, 0.25) is 5.78 Å². The lowest BCUT2D eigenvalue weighted by atomic mass is 9.77. The minimum absolute atomic E-state index is 0.0901. The molecule has 21 heavy (non-hydrogen) atoms. The van der Waals surface area contributed by atoms with Crippen molar-refractivity contribution in [2.24, 2.45) is 5.92 Å². The van der Waals surface area contributed by atoms with E-state index in [0.717, 1.165) is 24.8 Å². The van der Waals surface area contributed by atoms with Crippen LogP contribution < -0.4 is 0 Å². The van der Waals surface area contributed by atoms with Crippen LogP contribution >= 0.6 is 23.2 Å². The lowest BCUT2D eigenvalue weighted by Gasteiger charge is -2.47. The summed E-state index contributed by atoms with van der Waals surface area (Å²) >= 11 is 12.4. The number of unbranched alkanes of at least 4 members (excludes halogenated alkanes) is 1. The molecule has 1 saturated carbocycles. The zero-order valence-electron chi connectivity index (χ0n) is 12.9. The van der Waals surface area contributed by atoms with Gasteiger partial charge in [0.1, 0.15) is 0 Å². The normalized spacial score (nSPS) is 30.4. The van der Waals surface area contributed by atoms with Gasteiger partial charge in [0, 0.05) is 9.52 Å². The summed E-state index contributed by atoms with van der Waals surface area (Å²) in [5, 5.41) is 0. The number of hydrogen-bond donors (Lipinski definition) is 0. The fourth-order valence-electron chi connectivity index (χ4n) is 3.60. The summed E-state index contributed by atoms with van der Waals surface area (Å²) in [6.45, 7) is 5.98. The van der Waals surface area contributed by atoms with Crippen LogP contribution in [0.1, 0.15) is 51.9 Å². The molecule has 0 aromatic heterocycles. The van der Waals surface area contributed by atoms with E-state index in [9.17, 15) is 4.79 Å². The Labute approximate surface area is 141 Å². The predicted octanol–water partition coefficient (Wildman–Crippen LogP) is 4.25. The standard InChI is InChI=1S/C16H26Cl2O2Si/c1-3-5-9-21-13-10-11-6-7-12(13)20-14(11)15(19)16(17,18)8-4-2/h11-13H,2-10,21H2,1H3. The number of ether oxygens (including phenoxy) is 1. The maximum absolute atomic E-state index is 12.5. The minimum Gasteiger partial charge on any atom is -0.360 e. The zero-order valence-corrected chi connectivity index (χ0v) is 15.8. The summed E-state index contributed by atoms with van der Waals surface area (Å²) in [5.41, 5.74) is 0.736. The highest BCUT2D eigenvalue weighted by molar-refractivity contribution is 6.59. The second-order valence-corrected chi connectivity index (χ2v) is 10.2. The van der Waals surface area contributed by atoms with Gasteiger partial charge in [-0.15, -0.1) is 0 Å². The summed E-state index contributed by atoms with van der Waals surface area (Å²) in [7, 11) is -0.0901. The topological polar surface area (TPSA) is 26.3 Å². The number of carbonyl (C=O) groups is 1. The quantitative estimate of drug-likeness (QED) is 0.372. The van der Waals surface area contributed by atoms with Crippen molar-refractivity contribution in [1.29, 1.82) is 0 Å². The van der Waals surface area contributed by atoms with E-state index in [0.29, 0.717) is 18.9 Å². The highest BCUT2D eigenvalue weighted by Crippen LogP contribution is 2.50. The first kappa shape index (κ1) is 17.8. The summed E-state index contributed by atoms with van der Waals surface area (Å²) in [4.78, 5) is 12.5. The largest absolute Gasteiger partial charge is 0.360 e. The minimum atomic E-state index is -1.36. The van der Waals surface area contributed by atoms with E-state index in [-0.39, 0.29) is 27.3 Å². The average molecular weight is 349 g/mol. The molecule has 3 aliphatic rings. The first-order chi connectivity index (χ1) is 9.99. The molecule has 2 aliphatic heterocycles. The van der Waals surface area contributed by atoms with Crippen molar-refractivity contribution in [1.82, 2.24) is 0 Å². The van der Waals surface area contributed by atoms with Gasteiger partial charge in [-0.2, -0.15) is 0 Å². The molecule has 0 aromatic carbocycles. The molecule has 0 spiro atoms. The number of halogens is 2. The number of carbonyl (C=O) groups excluding carboxylic acids is 1. The summed E-state index contributed by atoms with van der Waals surface area (Å²) < 4.78 is 4.68. The van der Waals surface area contributed by atoms with Crippen molar-refractivity contribution in [2.45, 2.75) is 73.9 Å². The first-order valence-corrected chi connectivity index (χ1v) is 10.8. The monoisotopic (exact) mass is 348 g/mol. The number of alkyl halides is 2. The second-order valence-electron chi connectivity index (χ2n) is 6.42. The van der Waals surface area contributed by atoms with Crippen LogP contribution in [0.2, 0.25) is 11.6 Å². The molecule has 3 fully saturated rings. The third kappa shape index (κ3) is 4.24. The van der Waals surface area contributed by atoms with Gasteiger partial charge in [-0.05, 0) is 43.6 Å². The van der Waals surface area contributed by atoms with E-state index in [1.807, 2.05) is 0 Å². The summed E-state index contributed by atoms with van der Waals surface area (Å²) in [6.07, 6.45) is 7.63. The Morgan fingerprint density at radius 3 is 2.81 bits per heavy atom. The van der Waals surface area contributed by atoms with Gasteiger partial charge in [-0.1, -0.05) is 55.9 Å². The van der Waals surface area contributed by atoms with Crippen LogP contribution in [0.25, 0.3) is 0 Å². The summed E-state index contributed by atoms with van der Waals surface area (Å²) in [5.74, 6) is 0.0428. The molecule has 3 atom stereocenters. The van der Waals surface area contributed by atoms with E-state index < -0.39 is 4.33 Å². The van der Waals surface area contributed by atoms with Crippen molar-refractivity contribution in [3.8, 4) is 0 Å². The maximum Gasteiger partial charge on any atom is 0.204 e.